The van der Waals surface area contributed by atoms with Crippen LogP contribution >= 0.6 is 24.0 Å². The van der Waals surface area contributed by atoms with Gasteiger partial charge in [-0.15, -0.1) is 24.0 Å². The Labute approximate surface area is 169 Å². The quantitative estimate of drug-likeness (QED) is 0.354. The fraction of sp³-hybridized carbons (Fsp3) is 0.778. The second kappa shape index (κ2) is 10.4. The molecule has 0 radical (unpaired) electrons. The molecule has 1 heterocycles. The largest absolute Gasteiger partial charge is 0.385 e. The number of aryl methyl sites for hydroxylation is 2. The highest BCUT2D eigenvalue weighted by Gasteiger charge is 2.36. The first-order chi connectivity index (χ1) is 11.5. The highest BCUT2D eigenvalue weighted by atomic mass is 127. The van der Waals surface area contributed by atoms with E-state index in [-0.39, 0.29) is 24.0 Å². The third-order valence-corrected chi connectivity index (χ3v) is 5.28. The third-order valence-electron chi connectivity index (χ3n) is 5.28. The molecule has 25 heavy (non-hydrogen) atoms. The Balaban J connectivity index is 0.00000312. The maximum atomic E-state index is 5.28. The predicted octanol–water partition coefficient (Wildman–Crippen LogP) is 2.92. The lowest BCUT2D eigenvalue weighted by Crippen LogP contribution is -2.47. The number of hydrogen-bond acceptors (Lipinski definition) is 3. The van der Waals surface area contributed by atoms with Gasteiger partial charge in [0.05, 0.1) is 12.2 Å². The van der Waals surface area contributed by atoms with Crippen LogP contribution in [0.4, 0.5) is 0 Å². The lowest BCUT2D eigenvalue weighted by molar-refractivity contribution is 0.0732. The van der Waals surface area contributed by atoms with Gasteiger partial charge in [-0.1, -0.05) is 6.42 Å². The summed E-state index contributed by atoms with van der Waals surface area (Å²) in [5.41, 5.74) is 3.84. The number of aliphatic imine (C=N–C) groups is 1. The van der Waals surface area contributed by atoms with Crippen molar-refractivity contribution < 1.29 is 4.74 Å². The van der Waals surface area contributed by atoms with E-state index < -0.39 is 0 Å². The van der Waals surface area contributed by atoms with Crippen LogP contribution in [0.3, 0.4) is 0 Å². The van der Waals surface area contributed by atoms with Gasteiger partial charge in [0.25, 0.3) is 0 Å². The highest BCUT2D eigenvalue weighted by molar-refractivity contribution is 14.0. The van der Waals surface area contributed by atoms with Crippen LogP contribution in [0.5, 0.6) is 0 Å². The van der Waals surface area contributed by atoms with Crippen LogP contribution in [-0.4, -0.2) is 42.5 Å². The second-order valence-electron chi connectivity index (χ2n) is 6.92. The monoisotopic (exact) mass is 463 g/mol. The van der Waals surface area contributed by atoms with E-state index in [1.54, 1.807) is 7.11 Å². The maximum Gasteiger partial charge on any atom is 0.191 e. The second-order valence-corrected chi connectivity index (χ2v) is 6.92. The number of aromatic nitrogens is 2. The van der Waals surface area contributed by atoms with E-state index >= 15 is 0 Å². The molecule has 0 atom stereocenters. The summed E-state index contributed by atoms with van der Waals surface area (Å²) in [6.45, 7) is 9.57. The average Bonchev–Trinajstić information content (AvgIpc) is 2.76. The maximum absolute atomic E-state index is 5.28. The summed E-state index contributed by atoms with van der Waals surface area (Å²) in [6, 6.07) is 0. The molecule has 2 N–H and O–H groups in total. The zero-order valence-electron chi connectivity index (χ0n) is 16.3. The molecule has 1 fully saturated rings. The van der Waals surface area contributed by atoms with Crippen LogP contribution in [0, 0.1) is 19.3 Å². The summed E-state index contributed by atoms with van der Waals surface area (Å²) in [5.74, 6) is 0.892. The molecular formula is C18H34IN5O. The van der Waals surface area contributed by atoms with Crippen molar-refractivity contribution in [2.75, 3.05) is 26.8 Å². The molecule has 0 aromatic carbocycles. The van der Waals surface area contributed by atoms with Crippen LogP contribution in [0.15, 0.2) is 4.99 Å². The first-order valence-corrected chi connectivity index (χ1v) is 9.01. The number of ether oxygens (including phenoxy) is 1. The Morgan fingerprint density at radius 1 is 1.32 bits per heavy atom. The topological polar surface area (TPSA) is 63.5 Å². The minimum absolute atomic E-state index is 0. The number of guanidine groups is 1. The van der Waals surface area contributed by atoms with Gasteiger partial charge >= 0.3 is 0 Å². The Morgan fingerprint density at radius 3 is 2.52 bits per heavy atom. The first kappa shape index (κ1) is 22.2. The zero-order valence-corrected chi connectivity index (χ0v) is 18.6. The SMILES string of the molecule is CCNC(=NCc1c(C)nn(C)c1C)NCC1(CCOC)CCC1.I. The molecule has 144 valence electrons. The molecular weight excluding hydrogens is 429 g/mol. The van der Waals surface area contributed by atoms with Crippen LogP contribution in [0.25, 0.3) is 0 Å². The van der Waals surface area contributed by atoms with Gasteiger partial charge in [-0.05, 0) is 45.4 Å². The van der Waals surface area contributed by atoms with Gasteiger partial charge in [0.15, 0.2) is 5.96 Å². The molecule has 6 nitrogen and oxygen atoms in total. The number of nitrogens with zero attached hydrogens (tertiary/aromatic N) is 3. The van der Waals surface area contributed by atoms with Crippen molar-refractivity contribution in [2.45, 2.75) is 53.0 Å². The van der Waals surface area contributed by atoms with Gasteiger partial charge in [0.1, 0.15) is 0 Å². The summed E-state index contributed by atoms with van der Waals surface area (Å²) in [4.78, 5) is 4.77. The predicted molar refractivity (Wildman–Crippen MR) is 114 cm³/mol. The van der Waals surface area contributed by atoms with Crippen LogP contribution in [-0.2, 0) is 18.3 Å². The molecule has 0 spiro atoms. The van der Waals surface area contributed by atoms with E-state index in [9.17, 15) is 0 Å². The van der Waals surface area contributed by atoms with Crippen molar-refractivity contribution in [1.29, 1.82) is 0 Å². The first-order valence-electron chi connectivity index (χ1n) is 9.01. The van der Waals surface area contributed by atoms with Crippen molar-refractivity contribution in [3.05, 3.63) is 17.0 Å². The van der Waals surface area contributed by atoms with Gasteiger partial charge in [0, 0.05) is 45.1 Å². The van der Waals surface area contributed by atoms with Crippen LogP contribution < -0.4 is 10.6 Å². The lowest BCUT2D eigenvalue weighted by atomic mass is 9.67. The fourth-order valence-electron chi connectivity index (χ4n) is 3.33. The number of methoxy groups -OCH3 is 1. The summed E-state index contributed by atoms with van der Waals surface area (Å²) >= 11 is 0. The average molecular weight is 463 g/mol. The minimum atomic E-state index is 0. The molecule has 1 aromatic heterocycles. The Hall–Kier alpha value is -0.830. The van der Waals surface area contributed by atoms with Crippen molar-refractivity contribution in [3.8, 4) is 0 Å². The Kier molecular flexibility index (Phi) is 9.20. The van der Waals surface area contributed by atoms with Gasteiger partial charge < -0.3 is 15.4 Å². The summed E-state index contributed by atoms with van der Waals surface area (Å²) in [6.07, 6.45) is 5.01. The summed E-state index contributed by atoms with van der Waals surface area (Å²) in [7, 11) is 3.76. The van der Waals surface area contributed by atoms with Crippen LogP contribution in [0.1, 0.15) is 49.6 Å². The molecule has 7 heteroatoms. The number of hydrogen-bond donors (Lipinski definition) is 2. The molecule has 0 amide bonds. The molecule has 0 unspecified atom stereocenters. The number of halogens is 1. The molecule has 0 aliphatic heterocycles. The molecule has 2 rings (SSSR count). The summed E-state index contributed by atoms with van der Waals surface area (Å²) < 4.78 is 7.20. The molecule has 0 bridgehead atoms. The molecule has 1 saturated carbocycles. The van der Waals surface area contributed by atoms with E-state index in [0.29, 0.717) is 12.0 Å². The van der Waals surface area contributed by atoms with E-state index in [0.717, 1.165) is 37.8 Å². The zero-order chi connectivity index (χ0) is 17.6. The fourth-order valence-corrected chi connectivity index (χ4v) is 3.33. The smallest absolute Gasteiger partial charge is 0.191 e. The van der Waals surface area contributed by atoms with E-state index in [1.807, 2.05) is 18.7 Å². The van der Waals surface area contributed by atoms with E-state index in [2.05, 4.69) is 29.6 Å². The minimum Gasteiger partial charge on any atom is -0.385 e. The highest BCUT2D eigenvalue weighted by Crippen LogP contribution is 2.43. The van der Waals surface area contributed by atoms with E-state index in [1.165, 1.54) is 30.5 Å². The molecule has 1 aromatic rings. The molecule has 0 saturated heterocycles. The lowest BCUT2D eigenvalue weighted by Gasteiger charge is -2.42. The number of nitrogens with one attached hydrogen (secondary N) is 2. The number of rotatable bonds is 8. The summed E-state index contributed by atoms with van der Waals surface area (Å²) in [5, 5.41) is 11.4. The van der Waals surface area contributed by atoms with Crippen molar-refractivity contribution in [3.63, 3.8) is 0 Å². The van der Waals surface area contributed by atoms with Gasteiger partial charge in [0.2, 0.25) is 0 Å². The molecule has 1 aliphatic rings. The van der Waals surface area contributed by atoms with Crippen molar-refractivity contribution in [2.24, 2.45) is 17.5 Å². The third kappa shape index (κ3) is 5.84. The molecule has 1 aliphatic carbocycles. The van der Waals surface area contributed by atoms with Gasteiger partial charge in [-0.25, -0.2) is 4.99 Å². The van der Waals surface area contributed by atoms with Gasteiger partial charge in [-0.2, -0.15) is 5.10 Å². The normalized spacial score (nSPS) is 16.1. The standard InChI is InChI=1S/C18H33N5O.HI/c1-6-19-17(20-12-16-14(2)22-23(4)15(16)3)21-13-18(8-7-9-18)10-11-24-5;/h6-13H2,1-5H3,(H2,19,20,21);1H. The van der Waals surface area contributed by atoms with Crippen molar-refractivity contribution >= 4 is 29.9 Å². The van der Waals surface area contributed by atoms with Crippen molar-refractivity contribution in [1.82, 2.24) is 20.4 Å². The van der Waals surface area contributed by atoms with E-state index in [4.69, 9.17) is 9.73 Å². The van der Waals surface area contributed by atoms with Crippen LogP contribution in [0.2, 0.25) is 0 Å². The Bertz CT molecular complexity index is 566. The Morgan fingerprint density at radius 2 is 2.04 bits per heavy atom. The van der Waals surface area contributed by atoms with Gasteiger partial charge in [-0.3, -0.25) is 4.68 Å².